The molecular formula is C32H25BrN2O4. The minimum Gasteiger partial charge on any atom is -0.274 e. The van der Waals surface area contributed by atoms with Crippen molar-refractivity contribution in [2.45, 2.75) is 19.3 Å². The Hall–Kier alpha value is -3.84. The van der Waals surface area contributed by atoms with Crippen LogP contribution in [-0.4, -0.2) is 23.6 Å². The standard InChI is InChI=1S/C32H25BrN2O4/c1-17-3-11-21(12-4-17)34-28(36)24-23-15-16-32(26(24)30(34)38,19-7-9-20(33)10-8-19)27-25(23)29(37)35(31(27)39)22-13-5-18(2)6-14-22/h3-16,23-27H,1-2H3/t23?,24-,25-,26+,27+,32?/m0/s1. The highest BCUT2D eigenvalue weighted by Crippen LogP contribution is 2.65. The summed E-state index contributed by atoms with van der Waals surface area (Å²) in [6.45, 7) is 3.89. The Balaban J connectivity index is 1.43. The molecule has 0 radical (unpaired) electrons. The number of imide groups is 2. The zero-order valence-corrected chi connectivity index (χ0v) is 23.0. The van der Waals surface area contributed by atoms with E-state index in [1.165, 1.54) is 9.80 Å². The Labute approximate surface area is 234 Å². The van der Waals surface area contributed by atoms with Crippen molar-refractivity contribution in [3.05, 3.63) is 106 Å². The molecule has 0 aromatic heterocycles. The topological polar surface area (TPSA) is 74.8 Å². The lowest BCUT2D eigenvalue weighted by Crippen LogP contribution is -2.60. The van der Waals surface area contributed by atoms with Crippen molar-refractivity contribution in [3.63, 3.8) is 0 Å². The molecule has 3 aromatic carbocycles. The van der Waals surface area contributed by atoms with E-state index in [1.54, 1.807) is 24.3 Å². The van der Waals surface area contributed by atoms with Crippen molar-refractivity contribution >= 4 is 50.9 Å². The molecule has 3 fully saturated rings. The molecule has 0 spiro atoms. The van der Waals surface area contributed by atoms with E-state index in [2.05, 4.69) is 15.9 Å². The van der Waals surface area contributed by atoms with Gasteiger partial charge in [0.25, 0.3) is 0 Å². The lowest BCUT2D eigenvalue weighted by Gasteiger charge is -2.53. The van der Waals surface area contributed by atoms with Gasteiger partial charge in [-0.25, -0.2) is 9.80 Å². The van der Waals surface area contributed by atoms with Crippen LogP contribution in [0.25, 0.3) is 0 Å². The normalized spacial score (nSPS) is 30.8. The molecule has 7 heteroatoms. The maximum atomic E-state index is 14.3. The monoisotopic (exact) mass is 580 g/mol. The molecule has 39 heavy (non-hydrogen) atoms. The molecule has 2 bridgehead atoms. The van der Waals surface area contributed by atoms with Crippen molar-refractivity contribution in [1.29, 1.82) is 0 Å². The van der Waals surface area contributed by atoms with Gasteiger partial charge in [0.05, 0.1) is 35.0 Å². The average molecular weight is 581 g/mol. The van der Waals surface area contributed by atoms with Gasteiger partial charge in [-0.3, -0.25) is 19.2 Å². The third-order valence-electron chi connectivity index (χ3n) is 9.08. The molecule has 2 aliphatic heterocycles. The number of hydrogen-bond acceptors (Lipinski definition) is 4. The van der Waals surface area contributed by atoms with Gasteiger partial charge in [-0.15, -0.1) is 0 Å². The minimum atomic E-state index is -1.14. The van der Waals surface area contributed by atoms with E-state index in [0.29, 0.717) is 11.4 Å². The second-order valence-electron chi connectivity index (χ2n) is 11.1. The predicted octanol–water partition coefficient (Wildman–Crippen LogP) is 5.11. The summed E-state index contributed by atoms with van der Waals surface area (Å²) in [6, 6.07) is 22.1. The van der Waals surface area contributed by atoms with Crippen LogP contribution in [0.2, 0.25) is 0 Å². The second-order valence-corrected chi connectivity index (χ2v) is 12.0. The highest BCUT2D eigenvalue weighted by Gasteiger charge is 2.75. The van der Waals surface area contributed by atoms with Gasteiger partial charge in [-0.05, 0) is 55.8 Å². The van der Waals surface area contributed by atoms with Crippen LogP contribution < -0.4 is 9.80 Å². The van der Waals surface area contributed by atoms with Crippen LogP contribution in [0.5, 0.6) is 0 Å². The summed E-state index contributed by atoms with van der Waals surface area (Å²) in [4.78, 5) is 59.3. The molecular weight excluding hydrogens is 556 g/mol. The Bertz CT molecular complexity index is 1500. The van der Waals surface area contributed by atoms with Crippen LogP contribution in [-0.2, 0) is 24.6 Å². The molecule has 194 valence electrons. The third-order valence-corrected chi connectivity index (χ3v) is 9.61. The molecule has 3 aliphatic carbocycles. The smallest absolute Gasteiger partial charge is 0.238 e. The van der Waals surface area contributed by atoms with Gasteiger partial charge in [-0.1, -0.05) is 75.6 Å². The molecule has 6 nitrogen and oxygen atoms in total. The fraction of sp³-hybridized carbons (Fsp3) is 0.250. The van der Waals surface area contributed by atoms with Crippen LogP contribution in [0.1, 0.15) is 16.7 Å². The van der Waals surface area contributed by atoms with Crippen molar-refractivity contribution in [2.24, 2.45) is 29.6 Å². The van der Waals surface area contributed by atoms with E-state index < -0.39 is 35.0 Å². The number of halogens is 1. The number of anilines is 2. The first-order valence-electron chi connectivity index (χ1n) is 13.1. The van der Waals surface area contributed by atoms with E-state index in [4.69, 9.17) is 0 Å². The number of allylic oxidation sites excluding steroid dienone is 2. The Morgan fingerprint density at radius 3 is 1.49 bits per heavy atom. The van der Waals surface area contributed by atoms with Gasteiger partial charge < -0.3 is 0 Å². The van der Waals surface area contributed by atoms with E-state index >= 15 is 0 Å². The number of hydrogen-bond donors (Lipinski definition) is 0. The van der Waals surface area contributed by atoms with Crippen LogP contribution in [0.3, 0.4) is 0 Å². The fourth-order valence-electron chi connectivity index (χ4n) is 7.39. The van der Waals surface area contributed by atoms with E-state index in [0.717, 1.165) is 21.2 Å². The number of nitrogens with zero attached hydrogens (tertiary/aromatic N) is 2. The first-order valence-corrected chi connectivity index (χ1v) is 13.9. The molecule has 0 N–H and O–H groups in total. The molecule has 2 saturated heterocycles. The molecule has 8 rings (SSSR count). The number of carbonyl (C=O) groups excluding carboxylic acids is 4. The van der Waals surface area contributed by atoms with Crippen molar-refractivity contribution in [1.82, 2.24) is 0 Å². The number of amides is 4. The molecule has 1 saturated carbocycles. The first kappa shape index (κ1) is 24.2. The molecule has 2 heterocycles. The van der Waals surface area contributed by atoms with E-state index in [-0.39, 0.29) is 23.6 Å². The summed E-state index contributed by atoms with van der Waals surface area (Å²) in [6.07, 6.45) is 3.86. The van der Waals surface area contributed by atoms with E-state index in [9.17, 15) is 19.2 Å². The summed E-state index contributed by atoms with van der Waals surface area (Å²) >= 11 is 3.49. The Morgan fingerprint density at radius 2 is 1.05 bits per heavy atom. The third kappa shape index (κ3) is 3.13. The summed E-state index contributed by atoms with van der Waals surface area (Å²) in [5.41, 5.74) is 2.68. The van der Waals surface area contributed by atoms with Gasteiger partial charge in [0.2, 0.25) is 23.6 Å². The summed E-state index contributed by atoms with van der Waals surface area (Å²) in [7, 11) is 0. The van der Waals surface area contributed by atoms with Crippen LogP contribution in [0.15, 0.2) is 89.4 Å². The highest BCUT2D eigenvalue weighted by molar-refractivity contribution is 9.10. The zero-order valence-electron chi connectivity index (χ0n) is 21.4. The Kier molecular flexibility index (Phi) is 5.17. The maximum absolute atomic E-state index is 14.3. The minimum absolute atomic E-state index is 0.308. The van der Waals surface area contributed by atoms with Gasteiger partial charge in [0.15, 0.2) is 0 Å². The molecule has 4 amide bonds. The van der Waals surface area contributed by atoms with Crippen LogP contribution in [0, 0.1) is 43.4 Å². The molecule has 5 aliphatic rings. The number of benzene rings is 3. The van der Waals surface area contributed by atoms with Gasteiger partial charge in [0.1, 0.15) is 0 Å². The largest absolute Gasteiger partial charge is 0.274 e. The summed E-state index contributed by atoms with van der Waals surface area (Å²) in [5, 5.41) is 0. The van der Waals surface area contributed by atoms with Gasteiger partial charge in [0, 0.05) is 15.8 Å². The van der Waals surface area contributed by atoms with Gasteiger partial charge in [-0.2, -0.15) is 0 Å². The zero-order chi connectivity index (χ0) is 27.2. The predicted molar refractivity (Wildman–Crippen MR) is 150 cm³/mol. The Morgan fingerprint density at radius 1 is 0.615 bits per heavy atom. The number of aryl methyl sites for hydroxylation is 2. The first-order chi connectivity index (χ1) is 18.7. The summed E-state index contributed by atoms with van der Waals surface area (Å²) < 4.78 is 0.856. The fourth-order valence-corrected chi connectivity index (χ4v) is 7.65. The summed E-state index contributed by atoms with van der Waals surface area (Å²) in [5.74, 6) is -4.86. The highest BCUT2D eigenvalue weighted by atomic mass is 79.9. The molecule has 3 aromatic rings. The average Bonchev–Trinajstić information content (AvgIpc) is 3.37. The molecule has 0 unspecified atom stereocenters. The number of carbonyl (C=O) groups is 4. The van der Waals surface area contributed by atoms with Gasteiger partial charge >= 0.3 is 0 Å². The second kappa shape index (κ2) is 8.33. The van der Waals surface area contributed by atoms with Crippen LogP contribution in [0.4, 0.5) is 11.4 Å². The van der Waals surface area contributed by atoms with Crippen molar-refractivity contribution in [3.8, 4) is 0 Å². The number of rotatable bonds is 3. The van der Waals surface area contributed by atoms with E-state index in [1.807, 2.05) is 74.5 Å². The SMILES string of the molecule is Cc1ccc(N2C(=O)[C@H]3C4C=CC(c5ccc(Br)cc5)([C@H]3C2=O)[C@H]2C(=O)N(c3ccc(C)cc3)C(=O)[C@@H]42)cc1. The van der Waals surface area contributed by atoms with Crippen LogP contribution >= 0.6 is 15.9 Å². The van der Waals surface area contributed by atoms with Crippen molar-refractivity contribution in [2.75, 3.05) is 9.80 Å². The lowest BCUT2D eigenvalue weighted by atomic mass is 9.45. The quantitative estimate of drug-likeness (QED) is 0.318. The molecule has 4 atom stereocenters. The van der Waals surface area contributed by atoms with Crippen molar-refractivity contribution < 1.29 is 19.2 Å². The maximum Gasteiger partial charge on any atom is 0.238 e. The lowest BCUT2D eigenvalue weighted by molar-refractivity contribution is -0.140.